The maximum Gasteiger partial charge on any atom is 0.309 e. The Bertz CT molecular complexity index is 380. The van der Waals surface area contributed by atoms with Crippen molar-refractivity contribution in [2.45, 2.75) is 13.8 Å². The summed E-state index contributed by atoms with van der Waals surface area (Å²) < 4.78 is 4.75. The van der Waals surface area contributed by atoms with Gasteiger partial charge in [0.1, 0.15) is 11.5 Å². The summed E-state index contributed by atoms with van der Waals surface area (Å²) >= 11 is 0. The molecule has 0 fully saturated rings. The van der Waals surface area contributed by atoms with Gasteiger partial charge in [-0.05, 0) is 12.8 Å². The van der Waals surface area contributed by atoms with Gasteiger partial charge in [0.15, 0.2) is 0 Å². The molecule has 0 aliphatic heterocycles. The molecule has 0 saturated carbocycles. The predicted octanol–water partition coefficient (Wildman–Crippen LogP) is 0.692. The van der Waals surface area contributed by atoms with E-state index in [1.165, 1.54) is 13.0 Å². The highest BCUT2D eigenvalue weighted by molar-refractivity contribution is 5.68. The molecule has 0 radical (unpaired) electrons. The monoisotopic (exact) mass is 176 g/mol. The van der Waals surface area contributed by atoms with Crippen molar-refractivity contribution in [2.75, 3.05) is 0 Å². The minimum Gasteiger partial charge on any atom is -0.407 e. The van der Waals surface area contributed by atoms with Gasteiger partial charge in [0.05, 0.1) is 0 Å². The Morgan fingerprint density at radius 3 is 2.85 bits per heavy atom. The van der Waals surface area contributed by atoms with E-state index in [0.29, 0.717) is 11.5 Å². The highest BCUT2D eigenvalue weighted by Gasteiger charge is 2.02. The zero-order valence-electron chi connectivity index (χ0n) is 7.37. The van der Waals surface area contributed by atoms with Gasteiger partial charge in [-0.15, -0.1) is 6.42 Å². The molecule has 1 aromatic rings. The summed E-state index contributed by atoms with van der Waals surface area (Å²) in [7, 11) is 0. The molecule has 1 aromatic heterocycles. The van der Waals surface area contributed by atoms with Crippen LogP contribution in [-0.4, -0.2) is 15.9 Å². The molecule has 0 saturated heterocycles. The van der Waals surface area contributed by atoms with Crippen molar-refractivity contribution in [2.24, 2.45) is 0 Å². The van der Waals surface area contributed by atoms with Gasteiger partial charge in [0.25, 0.3) is 0 Å². The van der Waals surface area contributed by atoms with E-state index in [1.807, 2.05) is 0 Å². The third-order valence-electron chi connectivity index (χ3n) is 1.21. The van der Waals surface area contributed by atoms with Gasteiger partial charge < -0.3 is 4.74 Å². The van der Waals surface area contributed by atoms with Crippen LogP contribution in [0.5, 0.6) is 5.88 Å². The van der Waals surface area contributed by atoms with Crippen LogP contribution in [0.15, 0.2) is 6.07 Å². The molecule has 66 valence electrons. The largest absolute Gasteiger partial charge is 0.407 e. The Hall–Kier alpha value is -1.89. The van der Waals surface area contributed by atoms with Crippen molar-refractivity contribution >= 4 is 5.97 Å². The van der Waals surface area contributed by atoms with E-state index >= 15 is 0 Å². The third-order valence-corrected chi connectivity index (χ3v) is 1.21. The van der Waals surface area contributed by atoms with Crippen molar-refractivity contribution < 1.29 is 9.53 Å². The van der Waals surface area contributed by atoms with Gasteiger partial charge >= 0.3 is 5.97 Å². The van der Waals surface area contributed by atoms with Crippen LogP contribution >= 0.6 is 0 Å². The second kappa shape index (κ2) is 3.68. The normalized spacial score (nSPS) is 9.00. The SMILES string of the molecule is C#Cc1cc(OC(C)=O)nc(C)n1. The molecule has 0 atom stereocenters. The Balaban J connectivity index is 3.03. The minimum absolute atomic E-state index is 0.188. The first-order valence-electron chi connectivity index (χ1n) is 3.62. The summed E-state index contributed by atoms with van der Waals surface area (Å²) in [5.41, 5.74) is 0.406. The zero-order chi connectivity index (χ0) is 9.84. The molecular formula is C9H8N2O2. The fourth-order valence-electron chi connectivity index (χ4n) is 0.814. The maximum absolute atomic E-state index is 10.6. The van der Waals surface area contributed by atoms with E-state index in [-0.39, 0.29) is 5.88 Å². The number of ether oxygens (including phenoxy) is 1. The number of hydrogen-bond acceptors (Lipinski definition) is 4. The lowest BCUT2D eigenvalue weighted by atomic mass is 10.4. The Morgan fingerprint density at radius 2 is 2.31 bits per heavy atom. The summed E-state index contributed by atoms with van der Waals surface area (Å²) in [5, 5.41) is 0. The van der Waals surface area contributed by atoms with Gasteiger partial charge in [-0.1, -0.05) is 0 Å². The van der Waals surface area contributed by atoms with Gasteiger partial charge in [0.2, 0.25) is 5.88 Å². The van der Waals surface area contributed by atoms with Crippen LogP contribution in [0.2, 0.25) is 0 Å². The van der Waals surface area contributed by atoms with Gasteiger partial charge in [-0.3, -0.25) is 4.79 Å². The molecule has 0 aliphatic rings. The second-order valence-electron chi connectivity index (χ2n) is 2.38. The van der Waals surface area contributed by atoms with Crippen LogP contribution in [0, 0.1) is 19.3 Å². The van der Waals surface area contributed by atoms with Crippen LogP contribution < -0.4 is 4.74 Å². The third kappa shape index (κ3) is 2.56. The molecule has 1 rings (SSSR count). The molecular weight excluding hydrogens is 168 g/mol. The molecule has 0 aliphatic carbocycles. The molecule has 13 heavy (non-hydrogen) atoms. The Labute approximate surface area is 76.0 Å². The topological polar surface area (TPSA) is 52.1 Å². The van der Waals surface area contributed by atoms with Crippen molar-refractivity contribution in [3.8, 4) is 18.2 Å². The molecule has 4 nitrogen and oxygen atoms in total. The van der Waals surface area contributed by atoms with Crippen LogP contribution in [0.3, 0.4) is 0 Å². The molecule has 0 amide bonds. The average Bonchev–Trinajstić information content (AvgIpc) is 2.01. The van der Waals surface area contributed by atoms with Crippen LogP contribution in [0.4, 0.5) is 0 Å². The predicted molar refractivity (Wildman–Crippen MR) is 46.0 cm³/mol. The van der Waals surface area contributed by atoms with Gasteiger partial charge in [-0.25, -0.2) is 4.98 Å². The van der Waals surface area contributed by atoms with Crippen LogP contribution in [0.25, 0.3) is 0 Å². The molecule has 0 spiro atoms. The summed E-state index contributed by atoms with van der Waals surface area (Å²) in [6.07, 6.45) is 5.14. The summed E-state index contributed by atoms with van der Waals surface area (Å²) in [5.74, 6) is 2.58. The number of carbonyl (C=O) groups excluding carboxylic acids is 1. The highest BCUT2D eigenvalue weighted by Crippen LogP contribution is 2.08. The summed E-state index contributed by atoms with van der Waals surface area (Å²) in [6, 6.07) is 1.44. The molecule has 0 aromatic carbocycles. The maximum atomic E-state index is 10.6. The quantitative estimate of drug-likeness (QED) is 0.466. The molecule has 4 heteroatoms. The van der Waals surface area contributed by atoms with E-state index in [2.05, 4.69) is 15.9 Å². The number of carbonyl (C=O) groups is 1. The zero-order valence-corrected chi connectivity index (χ0v) is 7.37. The van der Waals surface area contributed by atoms with Crippen LogP contribution in [0.1, 0.15) is 18.4 Å². The number of rotatable bonds is 1. The fraction of sp³-hybridized carbons (Fsp3) is 0.222. The fourth-order valence-corrected chi connectivity index (χ4v) is 0.814. The minimum atomic E-state index is -0.430. The number of nitrogens with zero attached hydrogens (tertiary/aromatic N) is 2. The summed E-state index contributed by atoms with van der Waals surface area (Å²) in [4.78, 5) is 18.4. The van der Waals surface area contributed by atoms with Crippen molar-refractivity contribution in [3.63, 3.8) is 0 Å². The van der Waals surface area contributed by atoms with Gasteiger partial charge in [-0.2, -0.15) is 4.98 Å². The second-order valence-corrected chi connectivity index (χ2v) is 2.38. The van der Waals surface area contributed by atoms with Crippen molar-refractivity contribution in [3.05, 3.63) is 17.6 Å². The Kier molecular flexibility index (Phi) is 2.60. The van der Waals surface area contributed by atoms with E-state index in [9.17, 15) is 4.79 Å². The molecule has 0 unspecified atom stereocenters. The number of esters is 1. The molecule has 0 bridgehead atoms. The number of hydrogen-bond donors (Lipinski definition) is 0. The first-order chi connectivity index (χ1) is 6.11. The first-order valence-corrected chi connectivity index (χ1v) is 3.62. The number of terminal acetylenes is 1. The van der Waals surface area contributed by atoms with E-state index < -0.39 is 5.97 Å². The molecule has 0 N–H and O–H groups in total. The average molecular weight is 176 g/mol. The molecule has 1 heterocycles. The summed E-state index contributed by atoms with van der Waals surface area (Å²) in [6.45, 7) is 2.97. The first kappa shape index (κ1) is 9.20. The van der Waals surface area contributed by atoms with E-state index in [0.717, 1.165) is 0 Å². The van der Waals surface area contributed by atoms with Crippen molar-refractivity contribution in [1.82, 2.24) is 9.97 Å². The standard InChI is InChI=1S/C9H8N2O2/c1-4-8-5-9(13-7(3)12)11-6(2)10-8/h1,5H,2-3H3. The van der Waals surface area contributed by atoms with Gasteiger partial charge in [0, 0.05) is 13.0 Å². The van der Waals surface area contributed by atoms with Crippen LogP contribution in [-0.2, 0) is 4.79 Å². The lowest BCUT2D eigenvalue weighted by Gasteiger charge is -2.00. The smallest absolute Gasteiger partial charge is 0.309 e. The number of aryl methyl sites for hydroxylation is 1. The lowest BCUT2D eigenvalue weighted by Crippen LogP contribution is -2.05. The lowest BCUT2D eigenvalue weighted by molar-refractivity contribution is -0.132. The van der Waals surface area contributed by atoms with Crippen molar-refractivity contribution in [1.29, 1.82) is 0 Å². The van der Waals surface area contributed by atoms with E-state index in [1.54, 1.807) is 6.92 Å². The number of aromatic nitrogens is 2. The highest BCUT2D eigenvalue weighted by atomic mass is 16.5. The van der Waals surface area contributed by atoms with E-state index in [4.69, 9.17) is 11.2 Å². The Morgan fingerprint density at radius 1 is 1.62 bits per heavy atom.